The van der Waals surface area contributed by atoms with Crippen molar-refractivity contribution < 1.29 is 9.90 Å². The summed E-state index contributed by atoms with van der Waals surface area (Å²) in [5.41, 5.74) is 0.0919. The van der Waals surface area contributed by atoms with E-state index in [2.05, 4.69) is 10.3 Å². The molecule has 27 heavy (non-hydrogen) atoms. The van der Waals surface area contributed by atoms with E-state index < -0.39 is 11.2 Å². The zero-order valence-corrected chi connectivity index (χ0v) is 14.5. The normalized spacial score (nSPS) is 14.9. The van der Waals surface area contributed by atoms with E-state index in [1.165, 1.54) is 12.1 Å². The standard InChI is InChI=1S/C20H19N3O4/c24-11-17(12-6-7-12)21-18(25)13-8-9-15-16(10-13)22-20(27)23(19(15)26)14-4-2-1-3-5-14/h1-5,8-10,12,17,24H,6-7,11H2,(H,21,25)(H,22,27). The number of rotatable bonds is 5. The van der Waals surface area contributed by atoms with Gasteiger partial charge in [0, 0.05) is 5.56 Å². The molecule has 1 heterocycles. The van der Waals surface area contributed by atoms with Gasteiger partial charge in [-0.15, -0.1) is 0 Å². The first kappa shape index (κ1) is 17.2. The lowest BCUT2D eigenvalue weighted by Gasteiger charge is -2.15. The quantitative estimate of drug-likeness (QED) is 0.631. The molecule has 0 spiro atoms. The number of para-hydroxylation sites is 1. The van der Waals surface area contributed by atoms with Gasteiger partial charge in [-0.1, -0.05) is 18.2 Å². The minimum atomic E-state index is -0.567. The molecule has 1 fully saturated rings. The van der Waals surface area contributed by atoms with Crippen LogP contribution in [0.1, 0.15) is 23.2 Å². The van der Waals surface area contributed by atoms with Crippen LogP contribution in [0.4, 0.5) is 0 Å². The highest BCUT2D eigenvalue weighted by Gasteiger charge is 2.31. The van der Waals surface area contributed by atoms with Gasteiger partial charge >= 0.3 is 5.69 Å². The molecule has 1 amide bonds. The molecule has 0 bridgehead atoms. The topological polar surface area (TPSA) is 104 Å². The zero-order valence-electron chi connectivity index (χ0n) is 14.5. The Kier molecular flexibility index (Phi) is 4.37. The van der Waals surface area contributed by atoms with Crippen molar-refractivity contribution in [2.45, 2.75) is 18.9 Å². The molecule has 1 atom stereocenters. The number of nitrogens with one attached hydrogen (secondary N) is 2. The Balaban J connectivity index is 1.72. The molecule has 1 unspecified atom stereocenters. The molecule has 4 rings (SSSR count). The van der Waals surface area contributed by atoms with E-state index >= 15 is 0 Å². The van der Waals surface area contributed by atoms with E-state index in [1.807, 2.05) is 0 Å². The molecule has 3 N–H and O–H groups in total. The van der Waals surface area contributed by atoms with Crippen LogP contribution in [0.25, 0.3) is 16.6 Å². The average molecular weight is 365 g/mol. The van der Waals surface area contributed by atoms with Gasteiger partial charge < -0.3 is 15.4 Å². The average Bonchev–Trinajstić information content (AvgIpc) is 3.51. The number of benzene rings is 2. The smallest absolute Gasteiger partial charge is 0.333 e. The van der Waals surface area contributed by atoms with Crippen molar-refractivity contribution in [3.63, 3.8) is 0 Å². The fourth-order valence-electron chi connectivity index (χ4n) is 3.23. The van der Waals surface area contributed by atoms with E-state index in [0.29, 0.717) is 28.1 Å². The second-order valence-corrected chi connectivity index (χ2v) is 6.77. The van der Waals surface area contributed by atoms with Gasteiger partial charge in [-0.2, -0.15) is 0 Å². The monoisotopic (exact) mass is 365 g/mol. The number of aromatic amines is 1. The maximum atomic E-state index is 12.8. The minimum absolute atomic E-state index is 0.109. The van der Waals surface area contributed by atoms with E-state index in [-0.39, 0.29) is 18.6 Å². The predicted octanol–water partition coefficient (Wildman–Crippen LogP) is 1.18. The SMILES string of the molecule is O=C(NC(CO)C1CC1)c1ccc2c(=O)n(-c3ccccc3)c(=O)[nH]c2c1. The van der Waals surface area contributed by atoms with Gasteiger partial charge in [-0.3, -0.25) is 9.59 Å². The number of carbonyl (C=O) groups excluding carboxylic acids is 1. The van der Waals surface area contributed by atoms with E-state index in [0.717, 1.165) is 17.4 Å². The van der Waals surface area contributed by atoms with Crippen LogP contribution in [0.5, 0.6) is 0 Å². The lowest BCUT2D eigenvalue weighted by molar-refractivity contribution is 0.0908. The molecule has 0 radical (unpaired) electrons. The summed E-state index contributed by atoms with van der Waals surface area (Å²) in [6.07, 6.45) is 1.99. The summed E-state index contributed by atoms with van der Waals surface area (Å²) in [6.45, 7) is -0.109. The molecule has 3 aromatic rings. The van der Waals surface area contributed by atoms with Gasteiger partial charge in [0.15, 0.2) is 0 Å². The predicted molar refractivity (Wildman–Crippen MR) is 101 cm³/mol. The first-order chi connectivity index (χ1) is 13.1. The van der Waals surface area contributed by atoms with Gasteiger partial charge in [0.1, 0.15) is 0 Å². The number of aromatic nitrogens is 2. The van der Waals surface area contributed by atoms with Crippen LogP contribution in [0, 0.1) is 5.92 Å². The number of nitrogens with zero attached hydrogens (tertiary/aromatic N) is 1. The fraction of sp³-hybridized carbons (Fsp3) is 0.250. The largest absolute Gasteiger partial charge is 0.394 e. The molecule has 7 nitrogen and oxygen atoms in total. The minimum Gasteiger partial charge on any atom is -0.394 e. The summed E-state index contributed by atoms with van der Waals surface area (Å²) in [5, 5.41) is 12.5. The fourth-order valence-corrected chi connectivity index (χ4v) is 3.23. The third-order valence-electron chi connectivity index (χ3n) is 4.88. The number of fused-ring (bicyclic) bond motifs is 1. The van der Waals surface area contributed by atoms with Gasteiger partial charge in [0.2, 0.25) is 0 Å². The van der Waals surface area contributed by atoms with Gasteiger partial charge in [0.25, 0.3) is 11.5 Å². The summed E-state index contributed by atoms with van der Waals surface area (Å²) < 4.78 is 1.07. The van der Waals surface area contributed by atoms with Crippen LogP contribution in [-0.2, 0) is 0 Å². The lowest BCUT2D eigenvalue weighted by Crippen LogP contribution is -2.39. The molecular formula is C20H19N3O4. The Morgan fingerprint density at radius 2 is 1.93 bits per heavy atom. The summed E-state index contributed by atoms with van der Waals surface area (Å²) in [7, 11) is 0. The van der Waals surface area contributed by atoms with E-state index in [4.69, 9.17) is 0 Å². The Morgan fingerprint density at radius 3 is 2.59 bits per heavy atom. The number of carbonyl (C=O) groups is 1. The highest BCUT2D eigenvalue weighted by molar-refractivity contribution is 5.97. The van der Waals surface area contributed by atoms with Crippen molar-refractivity contribution >= 4 is 16.8 Å². The molecule has 0 saturated heterocycles. The molecule has 138 valence electrons. The molecule has 7 heteroatoms. The second kappa shape index (κ2) is 6.85. The van der Waals surface area contributed by atoms with Gasteiger partial charge in [-0.05, 0) is 49.1 Å². The zero-order chi connectivity index (χ0) is 19.0. The van der Waals surface area contributed by atoms with Crippen LogP contribution in [0.3, 0.4) is 0 Å². The number of hydrogen-bond acceptors (Lipinski definition) is 4. The Morgan fingerprint density at radius 1 is 1.19 bits per heavy atom. The molecule has 1 aliphatic rings. The highest BCUT2D eigenvalue weighted by atomic mass is 16.3. The summed E-state index contributed by atoms with van der Waals surface area (Å²) in [6, 6.07) is 13.0. The highest BCUT2D eigenvalue weighted by Crippen LogP contribution is 2.32. The third kappa shape index (κ3) is 3.29. The molecular weight excluding hydrogens is 346 g/mol. The van der Waals surface area contributed by atoms with Crippen LogP contribution in [0.15, 0.2) is 58.1 Å². The van der Waals surface area contributed by atoms with Crippen LogP contribution in [0.2, 0.25) is 0 Å². The summed E-state index contributed by atoms with van der Waals surface area (Å²) >= 11 is 0. The summed E-state index contributed by atoms with van der Waals surface area (Å²) in [4.78, 5) is 40.3. The van der Waals surface area contributed by atoms with Crippen LogP contribution >= 0.6 is 0 Å². The number of amides is 1. The Hall–Kier alpha value is -3.19. The number of aliphatic hydroxyl groups excluding tert-OH is 1. The van der Waals surface area contributed by atoms with Crippen molar-refractivity contribution in [2.24, 2.45) is 5.92 Å². The van der Waals surface area contributed by atoms with Crippen LogP contribution < -0.4 is 16.6 Å². The lowest BCUT2D eigenvalue weighted by atomic mass is 10.1. The molecule has 1 saturated carbocycles. The van der Waals surface area contributed by atoms with E-state index in [9.17, 15) is 19.5 Å². The van der Waals surface area contributed by atoms with Gasteiger partial charge in [-0.25, -0.2) is 9.36 Å². The number of aliphatic hydroxyl groups is 1. The molecule has 2 aromatic carbocycles. The molecule has 0 aliphatic heterocycles. The van der Waals surface area contributed by atoms with Crippen LogP contribution in [-0.4, -0.2) is 33.2 Å². The Labute approximate surface area is 154 Å². The maximum absolute atomic E-state index is 12.8. The first-order valence-corrected chi connectivity index (χ1v) is 8.84. The van der Waals surface area contributed by atoms with Crippen molar-refractivity contribution in [2.75, 3.05) is 6.61 Å². The van der Waals surface area contributed by atoms with E-state index in [1.54, 1.807) is 36.4 Å². The van der Waals surface area contributed by atoms with Gasteiger partial charge in [0.05, 0.1) is 29.2 Å². The first-order valence-electron chi connectivity index (χ1n) is 8.84. The molecule has 1 aromatic heterocycles. The maximum Gasteiger partial charge on any atom is 0.333 e. The van der Waals surface area contributed by atoms with Crippen molar-refractivity contribution in [1.29, 1.82) is 0 Å². The number of hydrogen-bond donors (Lipinski definition) is 3. The van der Waals surface area contributed by atoms with Crippen molar-refractivity contribution in [3.8, 4) is 5.69 Å². The molecule has 1 aliphatic carbocycles. The number of H-pyrrole nitrogens is 1. The Bertz CT molecular complexity index is 1110. The van der Waals surface area contributed by atoms with Crippen molar-refractivity contribution in [3.05, 3.63) is 74.9 Å². The third-order valence-corrected chi connectivity index (χ3v) is 4.88. The van der Waals surface area contributed by atoms with Crippen molar-refractivity contribution in [1.82, 2.24) is 14.9 Å². The second-order valence-electron chi connectivity index (χ2n) is 6.77. The summed E-state index contributed by atoms with van der Waals surface area (Å²) in [5.74, 6) is -0.0202.